The third-order valence-corrected chi connectivity index (χ3v) is 16.4. The Morgan fingerprint density at radius 1 is 0.269 bits per heavy atom. The minimum atomic E-state index is -2.30. The maximum atomic E-state index is 14.9. The third-order valence-electron chi connectivity index (χ3n) is 16.4. The van der Waals surface area contributed by atoms with Crippen molar-refractivity contribution in [2.24, 2.45) is 0 Å². The van der Waals surface area contributed by atoms with Gasteiger partial charge < -0.3 is 76.2 Å². The fourth-order valence-electron chi connectivity index (χ4n) is 11.4. The summed E-state index contributed by atoms with van der Waals surface area (Å²) in [7, 11) is 0. The monoisotopic (exact) mass is 1420 g/mol. The first kappa shape index (κ1) is 73.4. The van der Waals surface area contributed by atoms with Crippen molar-refractivity contribution >= 4 is 59.7 Å². The van der Waals surface area contributed by atoms with Gasteiger partial charge in [-0.15, -0.1) is 0 Å². The molecule has 0 radical (unpaired) electrons. The number of aliphatic hydroxyl groups is 1. The van der Waals surface area contributed by atoms with Crippen molar-refractivity contribution in [3.8, 4) is 0 Å². The van der Waals surface area contributed by atoms with Crippen LogP contribution < -0.4 is 0 Å². The van der Waals surface area contributed by atoms with Gasteiger partial charge in [0, 0.05) is 13.8 Å². The van der Waals surface area contributed by atoms with Gasteiger partial charge in [0.1, 0.15) is 37.6 Å². The molecule has 0 saturated carbocycles. The topological polar surface area (TPSA) is 329 Å². The van der Waals surface area contributed by atoms with Crippen LogP contribution in [0.2, 0.25) is 0 Å². The second-order valence-electron chi connectivity index (χ2n) is 23.6. The highest BCUT2D eigenvalue weighted by molar-refractivity contribution is 5.94. The average molecular weight is 1420 g/mol. The summed E-state index contributed by atoms with van der Waals surface area (Å²) < 4.78 is 94.2. The van der Waals surface area contributed by atoms with E-state index in [1.54, 1.807) is 72.8 Å². The van der Waals surface area contributed by atoms with E-state index >= 15 is 0 Å². The number of hydrogen-bond donors (Lipinski definition) is 1. The lowest BCUT2D eigenvalue weighted by Gasteiger charge is -2.49. The predicted molar refractivity (Wildman–Crippen MR) is 357 cm³/mol. The van der Waals surface area contributed by atoms with Gasteiger partial charge >= 0.3 is 59.7 Å². The summed E-state index contributed by atoms with van der Waals surface area (Å²) in [4.78, 5) is 143. The standard InChI is InChI=1S/C78H68O26/c1-46(79)90-43-56-59(93-47(2)80)62(65(76(89)94-56)101-73(86)53-37-21-8-22-38-53)104-78-67(103-75(88)55-41-25-10-26-42-55)64(100-72(85)52-35-19-7-20-36-52)61(98-70(83)50-31-15-5-16-32-50)58(96-78)45-92-77-66(102-74(87)54-39-23-9-24-40-54)63(99-71(84)51-33-17-6-18-34-51)60(97-69(82)49-29-13-4-14-30-49)57(95-77)44-91-68(81)48-27-11-3-12-28-48/h3-42,56-67,76-78,89H,43-45H2,1-2H3/t56-,57-,58-,59-,60-,61-,62+,63+,64+,65-,66-,67-,76?,77-,78+/m1/s1. The molecule has 3 aliphatic heterocycles. The molecule has 8 aromatic rings. The van der Waals surface area contributed by atoms with E-state index < -0.39 is 172 Å². The van der Waals surface area contributed by atoms with Crippen LogP contribution in [0, 0.1) is 0 Å². The van der Waals surface area contributed by atoms with Crippen LogP contribution in [-0.2, 0) is 80.6 Å². The molecule has 1 unspecified atom stereocenters. The highest BCUT2D eigenvalue weighted by Crippen LogP contribution is 2.38. The number of carbonyl (C=O) groups is 10. The first-order valence-corrected chi connectivity index (χ1v) is 32.7. The predicted octanol–water partition coefficient (Wildman–Crippen LogP) is 8.49. The molecular formula is C78H68O26. The normalized spacial score (nSPS) is 24.1. The summed E-state index contributed by atoms with van der Waals surface area (Å²) in [5, 5.41) is 12.0. The van der Waals surface area contributed by atoms with Gasteiger partial charge in [-0.05, 0) is 97.1 Å². The Labute approximate surface area is 594 Å². The Balaban J connectivity index is 1.08. The molecule has 26 heteroatoms. The van der Waals surface area contributed by atoms with Crippen molar-refractivity contribution in [1.82, 2.24) is 0 Å². The molecule has 15 atom stereocenters. The molecule has 1 N–H and O–H groups in total. The number of esters is 10. The van der Waals surface area contributed by atoms with E-state index in [1.807, 2.05) is 0 Å². The first-order valence-electron chi connectivity index (χ1n) is 32.7. The fourth-order valence-corrected chi connectivity index (χ4v) is 11.4. The fraction of sp³-hybridized carbons (Fsp3) is 0.256. The number of rotatable bonds is 25. The van der Waals surface area contributed by atoms with Crippen LogP contribution >= 0.6 is 0 Å². The largest absolute Gasteiger partial charge is 0.463 e. The summed E-state index contributed by atoms with van der Waals surface area (Å²) in [5.41, 5.74) is -0.411. The lowest BCUT2D eigenvalue weighted by atomic mass is 9.95. The molecule has 11 rings (SSSR count). The van der Waals surface area contributed by atoms with E-state index in [2.05, 4.69) is 0 Å². The van der Waals surface area contributed by atoms with Crippen LogP contribution in [0.15, 0.2) is 243 Å². The molecule has 0 aromatic heterocycles. The molecule has 3 saturated heterocycles. The molecule has 536 valence electrons. The molecule has 104 heavy (non-hydrogen) atoms. The zero-order valence-corrected chi connectivity index (χ0v) is 55.5. The molecule has 0 amide bonds. The summed E-state index contributed by atoms with van der Waals surface area (Å²) in [6, 6.07) is 60.0. The Hall–Kier alpha value is -11.8. The maximum absolute atomic E-state index is 14.9. The van der Waals surface area contributed by atoms with Gasteiger partial charge in [-0.2, -0.15) is 0 Å². The number of ether oxygens (including phenoxy) is 15. The highest BCUT2D eigenvalue weighted by Gasteiger charge is 2.60. The van der Waals surface area contributed by atoms with Crippen LogP contribution in [0.3, 0.4) is 0 Å². The number of hydrogen-bond acceptors (Lipinski definition) is 26. The van der Waals surface area contributed by atoms with E-state index in [-0.39, 0.29) is 44.5 Å². The smallest absolute Gasteiger partial charge is 0.338 e. The lowest BCUT2D eigenvalue weighted by molar-refractivity contribution is -0.360. The second kappa shape index (κ2) is 35.2. The van der Waals surface area contributed by atoms with Gasteiger partial charge in [0.25, 0.3) is 0 Å². The quantitative estimate of drug-likeness (QED) is 0.0414. The van der Waals surface area contributed by atoms with Gasteiger partial charge in [-0.3, -0.25) is 9.59 Å². The summed E-state index contributed by atoms with van der Waals surface area (Å²) in [5.74, 6) is -10.4. The molecule has 26 nitrogen and oxygen atoms in total. The van der Waals surface area contributed by atoms with E-state index in [4.69, 9.17) is 71.1 Å². The van der Waals surface area contributed by atoms with Crippen molar-refractivity contribution in [2.45, 2.75) is 106 Å². The molecule has 3 aliphatic rings. The van der Waals surface area contributed by atoms with E-state index in [0.29, 0.717) is 0 Å². The first-order chi connectivity index (χ1) is 50.5. The Morgan fingerprint density at radius 2 is 0.529 bits per heavy atom. The maximum Gasteiger partial charge on any atom is 0.338 e. The summed E-state index contributed by atoms with van der Waals surface area (Å²) in [6.45, 7) is -0.540. The van der Waals surface area contributed by atoms with Gasteiger partial charge in [-0.25, -0.2) is 38.4 Å². The minimum Gasteiger partial charge on any atom is -0.463 e. The SMILES string of the molecule is CC(=O)OC[C@H]1OC(O)[C@H](OC(=O)c2ccccc2)[C@@H](O[C@@H]2O[C@H](CO[C@@H]3O[C@H](COC(=O)c4ccccc4)[C@@H](OC(=O)c4ccccc4)[C@H](OC(=O)c4ccccc4)[C@H]3OC(=O)c3ccccc3)[C@@H](OC(=O)c3ccccc3)[C@H](OC(=O)c3ccccc3)[C@H]2OC(=O)c2ccccc2)[C@@H]1OC(C)=O. The van der Waals surface area contributed by atoms with Gasteiger partial charge in [-0.1, -0.05) is 146 Å². The zero-order chi connectivity index (χ0) is 73.1. The van der Waals surface area contributed by atoms with E-state index in [0.717, 1.165) is 13.8 Å². The van der Waals surface area contributed by atoms with Crippen molar-refractivity contribution in [3.05, 3.63) is 287 Å². The molecule has 3 heterocycles. The van der Waals surface area contributed by atoms with Gasteiger partial charge in [0.05, 0.1) is 51.1 Å². The second-order valence-corrected chi connectivity index (χ2v) is 23.6. The molecular weight excluding hydrogens is 1350 g/mol. The van der Waals surface area contributed by atoms with Gasteiger partial charge in [0.15, 0.2) is 67.7 Å². The van der Waals surface area contributed by atoms with Crippen molar-refractivity contribution in [2.75, 3.05) is 19.8 Å². The number of benzene rings is 8. The Kier molecular flexibility index (Phi) is 24.9. The van der Waals surface area contributed by atoms with Crippen LogP contribution in [0.5, 0.6) is 0 Å². The zero-order valence-electron chi connectivity index (χ0n) is 55.5. The Morgan fingerprint density at radius 3 is 0.865 bits per heavy atom. The summed E-state index contributed by atoms with van der Waals surface area (Å²) in [6.07, 6.45) is -30.4. The van der Waals surface area contributed by atoms with Crippen LogP contribution in [0.25, 0.3) is 0 Å². The van der Waals surface area contributed by atoms with Crippen LogP contribution in [0.1, 0.15) is 96.7 Å². The lowest BCUT2D eigenvalue weighted by Crippen LogP contribution is -2.67. The molecule has 0 aliphatic carbocycles. The van der Waals surface area contributed by atoms with Crippen molar-refractivity contribution < 1.29 is 124 Å². The molecule has 0 bridgehead atoms. The van der Waals surface area contributed by atoms with Crippen molar-refractivity contribution in [3.63, 3.8) is 0 Å². The van der Waals surface area contributed by atoms with Crippen LogP contribution in [-0.4, -0.2) is 177 Å². The number of carbonyl (C=O) groups excluding carboxylic acids is 10. The average Bonchev–Trinajstić information content (AvgIpc) is 0.768. The van der Waals surface area contributed by atoms with Gasteiger partial charge in [0.2, 0.25) is 0 Å². The van der Waals surface area contributed by atoms with Crippen LogP contribution in [0.4, 0.5) is 0 Å². The highest BCUT2D eigenvalue weighted by atomic mass is 16.8. The minimum absolute atomic E-state index is 0.00974. The molecule has 3 fully saturated rings. The van der Waals surface area contributed by atoms with E-state index in [9.17, 15) is 53.1 Å². The van der Waals surface area contributed by atoms with E-state index in [1.165, 1.54) is 170 Å². The third kappa shape index (κ3) is 18.8. The number of aliphatic hydroxyl groups excluding tert-OH is 1. The van der Waals surface area contributed by atoms with Crippen molar-refractivity contribution in [1.29, 1.82) is 0 Å². The Bertz CT molecular complexity index is 4230. The molecule has 8 aromatic carbocycles. The summed E-state index contributed by atoms with van der Waals surface area (Å²) >= 11 is 0. The molecule has 0 spiro atoms.